The molecule has 0 unspecified atom stereocenters. The van der Waals surface area contributed by atoms with Gasteiger partial charge in [-0.25, -0.2) is 3.21 Å². The van der Waals surface area contributed by atoms with Gasteiger partial charge in [-0.15, -0.1) is 0 Å². The summed E-state index contributed by atoms with van der Waals surface area (Å²) in [6.07, 6.45) is -0.542. The van der Waals surface area contributed by atoms with Crippen molar-refractivity contribution in [3.63, 3.8) is 0 Å². The highest BCUT2D eigenvalue weighted by Crippen LogP contribution is 2.39. The maximum absolute atomic E-state index is 12.8. The second-order valence-electron chi connectivity index (χ2n) is 8.23. The Labute approximate surface area is 199 Å². The molecule has 0 aromatic heterocycles. The third-order valence-electron chi connectivity index (χ3n) is 6.07. The summed E-state index contributed by atoms with van der Waals surface area (Å²) in [5, 5.41) is 4.19. The number of hydrogen-bond acceptors (Lipinski definition) is 4. The predicted molar refractivity (Wildman–Crippen MR) is 130 cm³/mol. The van der Waals surface area contributed by atoms with Crippen LogP contribution in [-0.2, 0) is 12.7 Å². The number of nitrogens with zero attached hydrogens (tertiary/aromatic N) is 2. The van der Waals surface area contributed by atoms with E-state index in [2.05, 4.69) is 16.3 Å². The first-order valence-electron chi connectivity index (χ1n) is 10.6. The molecule has 3 aliphatic rings. The topological polar surface area (TPSA) is 36.9 Å². The highest BCUT2D eigenvalue weighted by atomic mass is 127. The molecule has 0 radical (unpaired) electrons. The molecule has 32 heavy (non-hydrogen) atoms. The molecule has 4 nitrogen and oxygen atoms in total. The number of ether oxygens (including phenoxy) is 1. The Morgan fingerprint density at radius 1 is 1.03 bits per heavy atom. The van der Waals surface area contributed by atoms with Crippen LogP contribution < -0.4 is 15.0 Å². The fourth-order valence-corrected chi connectivity index (χ4v) is 7.34. The molecule has 9 heteroatoms. The van der Waals surface area contributed by atoms with Gasteiger partial charge in [0.05, 0.1) is 27.5 Å². The average Bonchev–Trinajstić information content (AvgIpc) is 3.09. The van der Waals surface area contributed by atoms with E-state index >= 15 is 0 Å². The van der Waals surface area contributed by atoms with Crippen molar-refractivity contribution >= 4 is 47.8 Å². The fraction of sp³-hybridized carbons (Fsp3) is 0.391. The lowest BCUT2D eigenvalue weighted by atomic mass is 9.86. The fourth-order valence-electron chi connectivity index (χ4n) is 4.46. The number of alkyl halides is 3. The minimum atomic E-state index is -4.33. The van der Waals surface area contributed by atoms with E-state index < -0.39 is 32.7 Å². The molecule has 2 heterocycles. The molecule has 0 atom stereocenters. The normalized spacial score (nSPS) is 23.3. The molecule has 1 N–H and O–H groups in total. The highest BCUT2D eigenvalue weighted by Gasteiger charge is 2.35. The first-order chi connectivity index (χ1) is 15.4. The van der Waals surface area contributed by atoms with Crippen LogP contribution >= 0.6 is 32.6 Å². The molecule has 0 saturated heterocycles. The van der Waals surface area contributed by atoms with E-state index in [-0.39, 0.29) is 6.10 Å². The molecule has 2 aliphatic heterocycles. The Morgan fingerprint density at radius 3 is 2.50 bits per heavy atom. The smallest absolute Gasteiger partial charge is 0.416 e. The summed E-state index contributed by atoms with van der Waals surface area (Å²) < 4.78 is 50.6. The number of rotatable bonds is 3. The van der Waals surface area contributed by atoms with Gasteiger partial charge in [0.1, 0.15) is 11.6 Å². The maximum Gasteiger partial charge on any atom is 0.416 e. The lowest BCUT2D eigenvalue weighted by Gasteiger charge is -2.33. The van der Waals surface area contributed by atoms with Crippen LogP contribution in [0, 0.1) is 5.92 Å². The molecule has 2 aromatic rings. The number of amidine groups is 1. The van der Waals surface area contributed by atoms with Crippen LogP contribution in [0.5, 0.6) is 5.75 Å². The van der Waals surface area contributed by atoms with Crippen molar-refractivity contribution in [3.05, 3.63) is 58.6 Å². The van der Waals surface area contributed by atoms with Gasteiger partial charge in [-0.3, -0.25) is 4.90 Å². The summed E-state index contributed by atoms with van der Waals surface area (Å²) in [6, 6.07) is 11.0. The molecule has 1 fully saturated rings. The number of anilines is 1. The molecule has 0 bridgehead atoms. The van der Waals surface area contributed by atoms with Crippen LogP contribution in [0.15, 0.2) is 45.7 Å². The van der Waals surface area contributed by atoms with Crippen molar-refractivity contribution in [3.8, 4) is 5.75 Å². The largest absolute Gasteiger partial charge is 0.490 e. The second kappa shape index (κ2) is 8.95. The van der Waals surface area contributed by atoms with Gasteiger partial charge in [0.2, 0.25) is 0 Å². The molecule has 1 aliphatic carbocycles. The quantitative estimate of drug-likeness (QED) is 0.435. The summed E-state index contributed by atoms with van der Waals surface area (Å²) in [6.45, 7) is 1.52. The van der Waals surface area contributed by atoms with Crippen molar-refractivity contribution in [2.24, 2.45) is 9.12 Å². The van der Waals surface area contributed by atoms with Crippen LogP contribution in [-0.4, -0.2) is 22.1 Å². The minimum Gasteiger partial charge on any atom is -0.490 e. The third kappa shape index (κ3) is 4.54. The van der Waals surface area contributed by atoms with Crippen LogP contribution in [0.4, 0.5) is 18.9 Å². The molecule has 5 rings (SSSR count). The molecule has 170 valence electrons. The highest BCUT2D eigenvalue weighted by molar-refractivity contribution is 14.2. The Balaban J connectivity index is 1.24. The number of fused-ring (bicyclic) bond motifs is 3. The van der Waals surface area contributed by atoms with E-state index in [1.165, 1.54) is 27.0 Å². The molecule has 0 amide bonds. The van der Waals surface area contributed by atoms with Crippen LogP contribution in [0.3, 0.4) is 0 Å². The number of halogens is 5. The van der Waals surface area contributed by atoms with Crippen molar-refractivity contribution < 1.29 is 17.9 Å². The average molecular weight is 576 g/mol. The van der Waals surface area contributed by atoms with E-state index in [9.17, 15) is 13.2 Å². The van der Waals surface area contributed by atoms with E-state index in [4.69, 9.17) is 19.5 Å². The zero-order valence-corrected chi connectivity index (χ0v) is 20.0. The van der Waals surface area contributed by atoms with Gasteiger partial charge in [-0.2, -0.15) is 13.2 Å². The summed E-state index contributed by atoms with van der Waals surface area (Å²) in [4.78, 5) is 2.36. The monoisotopic (exact) mass is 575 g/mol. The second-order valence-corrected chi connectivity index (χ2v) is 10.7. The van der Waals surface area contributed by atoms with Crippen LogP contribution in [0.2, 0.25) is 5.02 Å². The van der Waals surface area contributed by atoms with Crippen molar-refractivity contribution in [1.29, 1.82) is 0 Å². The minimum absolute atomic E-state index is 0.0282. The Kier molecular flexibility index (Phi) is 6.19. The zero-order valence-electron chi connectivity index (χ0n) is 17.1. The van der Waals surface area contributed by atoms with Gasteiger partial charge >= 0.3 is 6.18 Å². The van der Waals surface area contributed by atoms with Gasteiger partial charge in [0.15, 0.2) is 0 Å². The van der Waals surface area contributed by atoms with E-state index in [0.717, 1.165) is 61.8 Å². The summed E-state index contributed by atoms with van der Waals surface area (Å²) in [5.74, 6) is 2.05. The van der Waals surface area contributed by atoms with E-state index in [1.807, 2.05) is 12.1 Å². The van der Waals surface area contributed by atoms with Gasteiger partial charge < -0.3 is 10.1 Å². The summed E-state index contributed by atoms with van der Waals surface area (Å²) in [7, 11) is 0. The number of hydrogen-bond donors (Lipinski definition) is 1. The van der Waals surface area contributed by atoms with Gasteiger partial charge in [-0.1, -0.05) is 11.6 Å². The van der Waals surface area contributed by atoms with E-state index in [1.54, 1.807) is 0 Å². The SMILES string of the molecule is FC(F)(F)c1ccc(OC2CCC(C3=IN=C4CNCc5cc(Cl)ccc5N43)CC2)cc1. The van der Waals surface area contributed by atoms with Crippen LogP contribution in [0.1, 0.15) is 36.8 Å². The zero-order chi connectivity index (χ0) is 22.3. The Bertz CT molecular complexity index is 1060. The van der Waals surface area contributed by atoms with Gasteiger partial charge in [0, 0.05) is 38.5 Å². The predicted octanol–water partition coefficient (Wildman–Crippen LogP) is 6.33. The number of benzene rings is 2. The van der Waals surface area contributed by atoms with Gasteiger partial charge in [0.25, 0.3) is 0 Å². The van der Waals surface area contributed by atoms with Crippen LogP contribution in [0.25, 0.3) is 0 Å². The summed E-state index contributed by atoms with van der Waals surface area (Å²) in [5.41, 5.74) is 1.71. The maximum atomic E-state index is 12.8. The lowest BCUT2D eigenvalue weighted by Crippen LogP contribution is -2.42. The lowest BCUT2D eigenvalue weighted by molar-refractivity contribution is -0.137. The Hall–Kier alpha value is -1.65. The summed E-state index contributed by atoms with van der Waals surface area (Å²) >= 11 is 5.81. The first kappa shape index (κ1) is 22.2. The molecular weight excluding hydrogens is 554 g/mol. The van der Waals surface area contributed by atoms with Crippen molar-refractivity contribution in [1.82, 2.24) is 5.32 Å². The number of nitrogens with one attached hydrogen (secondary N) is 1. The standard InChI is InChI=1S/C23H22ClF3IN3O/c24-17-5-10-20-15(11-17)12-29-13-21-30-28-22(31(20)21)14-1-6-18(7-2-14)32-19-8-3-16(4-9-19)23(25,26)27/h3-5,8-11,14,18,29H,1-2,6-7,12-13H2. The molecule has 1 saturated carbocycles. The Morgan fingerprint density at radius 2 is 1.78 bits per heavy atom. The molecule has 2 aromatic carbocycles. The van der Waals surface area contributed by atoms with E-state index in [0.29, 0.717) is 11.7 Å². The first-order valence-corrected chi connectivity index (χ1v) is 13.0. The molecular formula is C23H22ClF3IN3O. The van der Waals surface area contributed by atoms with Gasteiger partial charge in [-0.05, 0) is 73.7 Å². The van der Waals surface area contributed by atoms with Crippen molar-refractivity contribution in [2.45, 2.75) is 44.5 Å². The van der Waals surface area contributed by atoms with Crippen molar-refractivity contribution in [2.75, 3.05) is 11.4 Å². The third-order valence-corrected chi connectivity index (χ3v) is 8.97. The molecule has 0 spiro atoms.